The molecule has 0 aliphatic carbocycles. The highest BCUT2D eigenvalue weighted by molar-refractivity contribution is 5.72. The SMILES string of the molecule is O=Cc1cccn1C1CCOC1. The van der Waals surface area contributed by atoms with E-state index < -0.39 is 0 Å². The topological polar surface area (TPSA) is 31.2 Å². The van der Waals surface area contributed by atoms with Crippen LogP contribution >= 0.6 is 0 Å². The molecule has 0 saturated carbocycles. The van der Waals surface area contributed by atoms with Crippen LogP contribution in [0.5, 0.6) is 0 Å². The van der Waals surface area contributed by atoms with Gasteiger partial charge in [0.05, 0.1) is 18.3 Å². The highest BCUT2D eigenvalue weighted by Crippen LogP contribution is 2.20. The Bertz CT molecular complexity index is 274. The Kier molecular flexibility index (Phi) is 1.96. The van der Waals surface area contributed by atoms with E-state index in [2.05, 4.69) is 0 Å². The van der Waals surface area contributed by atoms with Crippen LogP contribution in [0.4, 0.5) is 0 Å². The maximum atomic E-state index is 10.6. The standard InChI is InChI=1S/C9H11NO2/c11-6-8-2-1-4-10(8)9-3-5-12-7-9/h1-2,4,6,9H,3,5,7H2. The van der Waals surface area contributed by atoms with E-state index in [1.165, 1.54) is 0 Å². The van der Waals surface area contributed by atoms with Gasteiger partial charge in [0, 0.05) is 12.8 Å². The van der Waals surface area contributed by atoms with E-state index in [1.807, 2.05) is 22.9 Å². The number of aromatic nitrogens is 1. The molecule has 0 aromatic carbocycles. The average Bonchev–Trinajstić information content (AvgIpc) is 2.74. The molecule has 1 aromatic rings. The molecule has 2 rings (SSSR count). The van der Waals surface area contributed by atoms with E-state index in [-0.39, 0.29) is 0 Å². The Morgan fingerprint density at radius 3 is 3.25 bits per heavy atom. The Morgan fingerprint density at radius 1 is 1.67 bits per heavy atom. The minimum absolute atomic E-state index is 0.361. The van der Waals surface area contributed by atoms with E-state index in [4.69, 9.17) is 4.74 Å². The van der Waals surface area contributed by atoms with Crippen LogP contribution in [-0.2, 0) is 4.74 Å². The van der Waals surface area contributed by atoms with Crippen molar-refractivity contribution in [3.8, 4) is 0 Å². The molecular formula is C9H11NO2. The number of rotatable bonds is 2. The first-order valence-electron chi connectivity index (χ1n) is 4.11. The third-order valence-corrected chi connectivity index (χ3v) is 2.23. The number of hydrogen-bond acceptors (Lipinski definition) is 2. The molecule has 12 heavy (non-hydrogen) atoms. The lowest BCUT2D eigenvalue weighted by atomic mass is 10.2. The van der Waals surface area contributed by atoms with Gasteiger partial charge in [-0.3, -0.25) is 4.79 Å². The summed E-state index contributed by atoms with van der Waals surface area (Å²) in [5, 5.41) is 0. The van der Waals surface area contributed by atoms with E-state index in [0.717, 1.165) is 31.6 Å². The van der Waals surface area contributed by atoms with E-state index in [0.29, 0.717) is 6.04 Å². The third kappa shape index (κ3) is 1.16. The zero-order valence-corrected chi connectivity index (χ0v) is 6.77. The highest BCUT2D eigenvalue weighted by atomic mass is 16.5. The van der Waals surface area contributed by atoms with E-state index in [1.54, 1.807) is 0 Å². The molecule has 1 unspecified atom stereocenters. The number of aldehydes is 1. The Morgan fingerprint density at radius 2 is 2.58 bits per heavy atom. The lowest BCUT2D eigenvalue weighted by molar-refractivity contribution is 0.111. The largest absolute Gasteiger partial charge is 0.379 e. The van der Waals surface area contributed by atoms with E-state index >= 15 is 0 Å². The van der Waals surface area contributed by atoms with Crippen molar-refractivity contribution in [3.05, 3.63) is 24.0 Å². The lowest BCUT2D eigenvalue weighted by Crippen LogP contribution is -2.09. The van der Waals surface area contributed by atoms with Gasteiger partial charge in [-0.05, 0) is 18.6 Å². The molecule has 0 radical (unpaired) electrons. The monoisotopic (exact) mass is 165 g/mol. The van der Waals surface area contributed by atoms with Crippen LogP contribution in [0.25, 0.3) is 0 Å². The normalized spacial score (nSPS) is 22.8. The van der Waals surface area contributed by atoms with Crippen LogP contribution < -0.4 is 0 Å². The van der Waals surface area contributed by atoms with Crippen molar-refractivity contribution in [1.29, 1.82) is 0 Å². The fraction of sp³-hybridized carbons (Fsp3) is 0.444. The van der Waals surface area contributed by atoms with Crippen molar-refractivity contribution < 1.29 is 9.53 Å². The summed E-state index contributed by atoms with van der Waals surface area (Å²) in [6.07, 6.45) is 3.83. The first-order valence-corrected chi connectivity index (χ1v) is 4.11. The molecule has 0 amide bonds. The smallest absolute Gasteiger partial charge is 0.166 e. The fourth-order valence-electron chi connectivity index (χ4n) is 1.58. The van der Waals surface area contributed by atoms with Gasteiger partial charge in [-0.25, -0.2) is 0 Å². The second kappa shape index (κ2) is 3.11. The molecule has 0 N–H and O–H groups in total. The summed E-state index contributed by atoms with van der Waals surface area (Å²) in [5.74, 6) is 0. The molecule has 0 spiro atoms. The summed E-state index contributed by atoms with van der Waals surface area (Å²) in [5.41, 5.74) is 0.741. The first-order chi connectivity index (χ1) is 5.92. The molecule has 1 aliphatic rings. The molecule has 3 heteroatoms. The zero-order chi connectivity index (χ0) is 8.39. The number of hydrogen-bond donors (Lipinski definition) is 0. The molecule has 3 nitrogen and oxygen atoms in total. The molecule has 1 saturated heterocycles. The number of carbonyl (C=O) groups is 1. The number of ether oxygens (including phenoxy) is 1. The second-order valence-corrected chi connectivity index (χ2v) is 2.98. The summed E-state index contributed by atoms with van der Waals surface area (Å²) in [4.78, 5) is 10.6. The summed E-state index contributed by atoms with van der Waals surface area (Å²) in [6.45, 7) is 1.54. The molecule has 1 aliphatic heterocycles. The quantitative estimate of drug-likeness (QED) is 0.618. The Balaban J connectivity index is 2.25. The summed E-state index contributed by atoms with van der Waals surface area (Å²) in [6, 6.07) is 4.08. The summed E-state index contributed by atoms with van der Waals surface area (Å²) >= 11 is 0. The highest BCUT2D eigenvalue weighted by Gasteiger charge is 2.18. The third-order valence-electron chi connectivity index (χ3n) is 2.23. The molecule has 0 bridgehead atoms. The minimum atomic E-state index is 0.361. The Labute approximate surface area is 70.9 Å². The van der Waals surface area contributed by atoms with Crippen molar-refractivity contribution in [2.45, 2.75) is 12.5 Å². The van der Waals surface area contributed by atoms with Gasteiger partial charge in [-0.1, -0.05) is 0 Å². The lowest BCUT2D eigenvalue weighted by Gasteiger charge is -2.11. The maximum absolute atomic E-state index is 10.6. The van der Waals surface area contributed by atoms with Gasteiger partial charge >= 0.3 is 0 Å². The predicted octanol–water partition coefficient (Wildman–Crippen LogP) is 1.26. The van der Waals surface area contributed by atoms with Crippen LogP contribution in [0.2, 0.25) is 0 Å². The van der Waals surface area contributed by atoms with Gasteiger partial charge in [0.2, 0.25) is 0 Å². The van der Waals surface area contributed by atoms with Crippen LogP contribution in [0, 0.1) is 0 Å². The number of carbonyl (C=O) groups excluding carboxylic acids is 1. The van der Waals surface area contributed by atoms with E-state index in [9.17, 15) is 4.79 Å². The molecule has 64 valence electrons. The predicted molar refractivity (Wildman–Crippen MR) is 44.3 cm³/mol. The molecule has 1 atom stereocenters. The average molecular weight is 165 g/mol. The van der Waals surface area contributed by atoms with Gasteiger partial charge in [-0.15, -0.1) is 0 Å². The minimum Gasteiger partial charge on any atom is -0.379 e. The van der Waals surface area contributed by atoms with Crippen molar-refractivity contribution >= 4 is 6.29 Å². The maximum Gasteiger partial charge on any atom is 0.166 e. The van der Waals surface area contributed by atoms with Crippen LogP contribution in [0.3, 0.4) is 0 Å². The molecule has 1 fully saturated rings. The Hall–Kier alpha value is -1.09. The van der Waals surface area contributed by atoms with Crippen LogP contribution in [0.1, 0.15) is 23.0 Å². The van der Waals surface area contributed by atoms with Crippen molar-refractivity contribution in [3.63, 3.8) is 0 Å². The van der Waals surface area contributed by atoms with Gasteiger partial charge in [-0.2, -0.15) is 0 Å². The van der Waals surface area contributed by atoms with Crippen molar-refractivity contribution in [1.82, 2.24) is 4.57 Å². The molecule has 2 heterocycles. The van der Waals surface area contributed by atoms with Gasteiger partial charge in [0.25, 0.3) is 0 Å². The molecular weight excluding hydrogens is 154 g/mol. The number of nitrogens with zero attached hydrogens (tertiary/aromatic N) is 1. The van der Waals surface area contributed by atoms with Crippen molar-refractivity contribution in [2.24, 2.45) is 0 Å². The van der Waals surface area contributed by atoms with Crippen molar-refractivity contribution in [2.75, 3.05) is 13.2 Å². The first kappa shape index (κ1) is 7.55. The van der Waals surface area contributed by atoms with Gasteiger partial charge in [0.15, 0.2) is 6.29 Å². The van der Waals surface area contributed by atoms with Gasteiger partial charge < -0.3 is 9.30 Å². The second-order valence-electron chi connectivity index (χ2n) is 2.98. The summed E-state index contributed by atoms with van der Waals surface area (Å²) < 4.78 is 7.23. The fourth-order valence-corrected chi connectivity index (χ4v) is 1.58. The van der Waals surface area contributed by atoms with Crippen LogP contribution in [0.15, 0.2) is 18.3 Å². The van der Waals surface area contributed by atoms with Crippen LogP contribution in [-0.4, -0.2) is 24.1 Å². The molecule has 1 aromatic heterocycles. The summed E-state index contributed by atoms with van der Waals surface area (Å²) in [7, 11) is 0. The zero-order valence-electron chi connectivity index (χ0n) is 6.77. The van der Waals surface area contributed by atoms with Gasteiger partial charge in [0.1, 0.15) is 0 Å².